The lowest BCUT2D eigenvalue weighted by Crippen LogP contribution is -2.27. The van der Waals surface area contributed by atoms with Crippen molar-refractivity contribution in [1.82, 2.24) is 19.1 Å². The van der Waals surface area contributed by atoms with Crippen molar-refractivity contribution in [2.24, 2.45) is 30.2 Å². The van der Waals surface area contributed by atoms with Crippen molar-refractivity contribution < 1.29 is 18.1 Å². The molecule has 0 radical (unpaired) electrons. The Kier molecular flexibility index (Phi) is 16.9. The molecule has 18 nitrogen and oxygen atoms in total. The van der Waals surface area contributed by atoms with Crippen LogP contribution < -0.4 is 28.7 Å². The SMILES string of the molecule is CN1/N=C\c2ccc(cc2)OP(=S)(N=[N+]=[N-])Oc2ccc(cc2)/C=N\N(C)P(=S)(c2ccccc2)N(C)/N=C/c2ccc(cc2)OP(=S)(N=[N+]=[N-])Oc2ccc(cc2)/C=N\N(C)P1(=S)c1ccccc1. The molecule has 7 aliphatic rings. The van der Waals surface area contributed by atoms with Gasteiger partial charge >= 0.3 is 13.3 Å². The zero-order valence-corrected chi connectivity index (χ0v) is 44.5. The summed E-state index contributed by atoms with van der Waals surface area (Å²) in [7, 11) is 7.22. The first-order valence-electron chi connectivity index (χ1n) is 20.6. The lowest BCUT2D eigenvalue weighted by Gasteiger charge is -2.35. The molecule has 0 aliphatic carbocycles. The summed E-state index contributed by atoms with van der Waals surface area (Å²) in [4.78, 5) is 13.4. The molecule has 7 heterocycles. The number of azide groups is 2. The van der Waals surface area contributed by atoms with Gasteiger partial charge in [-0.15, -0.1) is 0 Å². The fourth-order valence-corrected chi connectivity index (χ4v) is 14.8. The quantitative estimate of drug-likeness (QED) is 0.0702. The van der Waals surface area contributed by atoms with Gasteiger partial charge in [0.25, 0.3) is 0 Å². The Morgan fingerprint density at radius 3 is 0.829 bits per heavy atom. The molecular formula is C44H42N14O4P4S4. The Morgan fingerprint density at radius 1 is 0.386 bits per heavy atom. The van der Waals surface area contributed by atoms with Crippen molar-refractivity contribution in [2.45, 2.75) is 0 Å². The lowest BCUT2D eigenvalue weighted by atomic mass is 10.2. The minimum absolute atomic E-state index is 0.329. The van der Waals surface area contributed by atoms with E-state index in [-0.39, 0.29) is 0 Å². The van der Waals surface area contributed by atoms with Gasteiger partial charge in [-0.2, -0.15) is 20.4 Å². The smallest absolute Gasteiger partial charge is 0.379 e. The van der Waals surface area contributed by atoms with Gasteiger partial charge in [-0.05, 0) is 178 Å². The highest BCUT2D eigenvalue weighted by Gasteiger charge is 2.31. The zero-order chi connectivity index (χ0) is 49.8. The van der Waals surface area contributed by atoms with Gasteiger partial charge in [0.1, 0.15) is 23.0 Å². The third kappa shape index (κ3) is 12.7. The first kappa shape index (κ1) is 51.5. The normalized spacial score (nSPS) is 23.8. The van der Waals surface area contributed by atoms with Crippen LogP contribution in [0.1, 0.15) is 22.3 Å². The van der Waals surface area contributed by atoms with Gasteiger partial charge in [0.2, 0.25) is 0 Å². The molecule has 0 saturated heterocycles. The number of hydrogen-bond acceptors (Lipinski definition) is 12. The Bertz CT molecular complexity index is 2860. The van der Waals surface area contributed by atoms with Crippen LogP contribution in [0.25, 0.3) is 20.9 Å². The minimum atomic E-state index is -3.59. The first-order chi connectivity index (χ1) is 33.6. The molecule has 0 aromatic heterocycles. The molecule has 0 saturated carbocycles. The van der Waals surface area contributed by atoms with Crippen LogP contribution in [0.4, 0.5) is 0 Å². The van der Waals surface area contributed by atoms with Crippen molar-refractivity contribution in [3.05, 3.63) is 201 Å². The molecule has 13 rings (SSSR count). The average Bonchev–Trinajstić information content (AvgIpc) is 3.37. The highest BCUT2D eigenvalue weighted by molar-refractivity contribution is 8.16. The van der Waals surface area contributed by atoms with Crippen molar-refractivity contribution >= 4 is 109 Å². The zero-order valence-electron chi connectivity index (χ0n) is 37.6. The predicted molar refractivity (Wildman–Crippen MR) is 297 cm³/mol. The van der Waals surface area contributed by atoms with Crippen LogP contribution in [-0.4, -0.2) is 72.2 Å². The van der Waals surface area contributed by atoms with Gasteiger partial charge < -0.3 is 18.1 Å². The Hall–Kier alpha value is -6.38. The molecule has 70 heavy (non-hydrogen) atoms. The summed E-state index contributed by atoms with van der Waals surface area (Å²) in [6.45, 7) is -7.18. The van der Waals surface area contributed by atoms with Crippen molar-refractivity contribution in [3.8, 4) is 23.0 Å². The fourth-order valence-electron chi connectivity index (χ4n) is 6.37. The second-order valence-corrected chi connectivity index (χ2v) is 28.9. The predicted octanol–water partition coefficient (Wildman–Crippen LogP) is 11.7. The van der Waals surface area contributed by atoms with Crippen molar-refractivity contribution in [1.29, 1.82) is 0 Å². The second-order valence-electron chi connectivity index (χ2n) is 14.6. The second kappa shape index (κ2) is 23.0. The van der Waals surface area contributed by atoms with E-state index >= 15 is 0 Å². The van der Waals surface area contributed by atoms with Gasteiger partial charge in [-0.25, -0.2) is 19.1 Å². The Balaban J connectivity index is 1.22. The Morgan fingerprint density at radius 2 is 0.614 bits per heavy atom. The molecule has 6 aromatic carbocycles. The maximum absolute atomic E-state index is 9.47. The molecule has 26 heteroatoms. The van der Waals surface area contributed by atoms with Crippen LogP contribution in [-0.2, 0) is 47.2 Å². The van der Waals surface area contributed by atoms with Crippen LogP contribution in [0.15, 0.2) is 188 Å². The van der Waals surface area contributed by atoms with E-state index in [4.69, 9.17) is 85.7 Å². The average molecular weight is 1080 g/mol. The molecule has 0 fully saturated rings. The maximum Gasteiger partial charge on any atom is 0.379 e. The van der Waals surface area contributed by atoms with E-state index in [0.717, 1.165) is 32.9 Å². The van der Waals surface area contributed by atoms with E-state index in [9.17, 15) is 11.1 Å². The van der Waals surface area contributed by atoms with Gasteiger partial charge in [-0.3, -0.25) is 0 Å². The third-order valence-corrected chi connectivity index (χ3v) is 23.2. The van der Waals surface area contributed by atoms with Crippen molar-refractivity contribution in [2.75, 3.05) is 28.2 Å². The van der Waals surface area contributed by atoms with Gasteiger partial charge in [-0.1, -0.05) is 60.7 Å². The van der Waals surface area contributed by atoms with Gasteiger partial charge in [0, 0.05) is 58.4 Å². The largest absolute Gasteiger partial charge is 0.431 e. The number of hydrogen-bond donors (Lipinski definition) is 0. The lowest BCUT2D eigenvalue weighted by molar-refractivity contribution is 0.486. The number of nitrogens with zero attached hydrogens (tertiary/aromatic N) is 14. The van der Waals surface area contributed by atoms with Crippen LogP contribution >= 0.6 is 26.0 Å². The van der Waals surface area contributed by atoms with Gasteiger partial charge in [0.15, 0.2) is 12.7 Å². The minimum Gasteiger partial charge on any atom is -0.431 e. The summed E-state index contributed by atoms with van der Waals surface area (Å²) in [6.07, 6.45) is 1.01. The summed E-state index contributed by atoms with van der Waals surface area (Å²) in [5.41, 5.74) is 21.8. The summed E-state index contributed by atoms with van der Waals surface area (Å²) in [5.74, 6) is 1.31. The summed E-state index contributed by atoms with van der Waals surface area (Å²) in [6, 6.07) is 46.9. The van der Waals surface area contributed by atoms with E-state index in [1.54, 1.807) is 169 Å². The summed E-state index contributed by atoms with van der Waals surface area (Å²) >= 11 is 24.1. The van der Waals surface area contributed by atoms with E-state index in [2.05, 4.69) is 19.6 Å². The van der Waals surface area contributed by atoms with Crippen molar-refractivity contribution in [3.63, 3.8) is 0 Å². The highest BCUT2D eigenvalue weighted by atomic mass is 32.5. The molecular weight excluding hydrogens is 1040 g/mol. The molecule has 0 spiro atoms. The van der Waals surface area contributed by atoms with E-state index < -0.39 is 26.0 Å². The molecule has 7 aliphatic heterocycles. The standard InChI is InChI=1S/C44H42N14O4P4S4/c1-55-47-31-35-15-23-39(24-16-35)59-65(69,53-51-45)61-41-27-19-37(20-28-41)33-49-57(3)64(68,44-13-9-6-10-14-44)58(4)50-34-38-21-29-42(30-22-38)62-66(70,54-52-46)60-40-25-17-36(18-26-40)32-48-56(2)63(55,67)43-11-7-5-8-12-43/h5-34H,1-4H3/b47-31-,48-32-,49-33-,50-34+. The summed E-state index contributed by atoms with van der Waals surface area (Å²) < 4.78 is 31.1. The van der Waals surface area contributed by atoms with Gasteiger partial charge in [0.05, 0.1) is 24.9 Å². The first-order valence-corrected chi connectivity index (χ1v) is 31.2. The maximum atomic E-state index is 9.47. The molecule has 4 unspecified atom stereocenters. The van der Waals surface area contributed by atoms with Crippen LogP contribution in [0, 0.1) is 0 Å². The molecule has 6 aromatic rings. The topological polar surface area (TPSA) is 197 Å². The van der Waals surface area contributed by atoms with E-state index in [1.807, 2.05) is 60.7 Å². The third-order valence-electron chi connectivity index (χ3n) is 9.95. The van der Waals surface area contributed by atoms with Crippen LogP contribution in [0.2, 0.25) is 0 Å². The fraction of sp³-hybridized carbons (Fsp3) is 0.0909. The molecule has 0 amide bonds. The number of rotatable bonds is 4. The Labute approximate surface area is 425 Å². The highest BCUT2D eigenvalue weighted by Crippen LogP contribution is 2.54. The molecule has 0 N–H and O–H groups in total. The van der Waals surface area contributed by atoms with Crippen LogP contribution in [0.3, 0.4) is 0 Å². The molecule has 4 atom stereocenters. The molecule has 356 valence electrons. The number of benzene rings is 6. The van der Waals surface area contributed by atoms with Crippen LogP contribution in [0.5, 0.6) is 23.0 Å². The number of hydrazone groups is 4. The monoisotopic (exact) mass is 1080 g/mol. The summed E-state index contributed by atoms with van der Waals surface area (Å²) in [5, 5.41) is 20.8. The molecule has 8 bridgehead atoms. The van der Waals surface area contributed by atoms with E-state index in [0.29, 0.717) is 23.0 Å². The van der Waals surface area contributed by atoms with E-state index in [1.165, 1.54) is 0 Å².